The van der Waals surface area contributed by atoms with E-state index in [9.17, 15) is 9.59 Å². The van der Waals surface area contributed by atoms with Crippen LogP contribution in [0.15, 0.2) is 54.6 Å². The highest BCUT2D eigenvalue weighted by Crippen LogP contribution is 2.36. The zero-order valence-corrected chi connectivity index (χ0v) is 15.6. The van der Waals surface area contributed by atoms with Gasteiger partial charge in [0.15, 0.2) is 0 Å². The van der Waals surface area contributed by atoms with Gasteiger partial charge in [-0.05, 0) is 55.5 Å². The number of urea groups is 1. The van der Waals surface area contributed by atoms with Crippen molar-refractivity contribution in [3.05, 3.63) is 65.7 Å². The number of amides is 3. The minimum Gasteiger partial charge on any atom is -0.336 e. The summed E-state index contributed by atoms with van der Waals surface area (Å²) in [6, 6.07) is 17.7. The van der Waals surface area contributed by atoms with E-state index < -0.39 is 0 Å². The molecule has 1 saturated carbocycles. The van der Waals surface area contributed by atoms with Crippen molar-refractivity contribution in [3.63, 3.8) is 0 Å². The molecule has 1 aliphatic heterocycles. The average molecular weight is 363 g/mol. The molecule has 2 aromatic carbocycles. The number of anilines is 1. The number of hydrogen-bond donors (Lipinski definition) is 1. The van der Waals surface area contributed by atoms with E-state index in [2.05, 4.69) is 24.4 Å². The van der Waals surface area contributed by atoms with Crippen molar-refractivity contribution in [1.82, 2.24) is 10.2 Å². The van der Waals surface area contributed by atoms with Crippen LogP contribution >= 0.6 is 0 Å². The Kier molecular flexibility index (Phi) is 4.84. The van der Waals surface area contributed by atoms with Crippen molar-refractivity contribution in [2.75, 3.05) is 18.0 Å². The molecule has 27 heavy (non-hydrogen) atoms. The first-order valence-corrected chi connectivity index (χ1v) is 9.64. The average Bonchev–Trinajstić information content (AvgIpc) is 3.47. The summed E-state index contributed by atoms with van der Waals surface area (Å²) in [5.74, 6) is 0.654. The SMILES string of the molecule is CC(C1CC1)N(Cc1ccccc1)C(=O)c1ccc(N2CCNC2=O)cc1. The van der Waals surface area contributed by atoms with Crippen LogP contribution in [0.4, 0.5) is 10.5 Å². The van der Waals surface area contributed by atoms with E-state index in [1.165, 1.54) is 12.8 Å². The molecule has 1 saturated heterocycles. The lowest BCUT2D eigenvalue weighted by molar-refractivity contribution is 0.0654. The van der Waals surface area contributed by atoms with Crippen molar-refractivity contribution >= 4 is 17.6 Å². The van der Waals surface area contributed by atoms with Crippen LogP contribution in [-0.4, -0.2) is 36.0 Å². The summed E-state index contributed by atoms with van der Waals surface area (Å²) in [4.78, 5) is 28.8. The smallest absolute Gasteiger partial charge is 0.321 e. The van der Waals surface area contributed by atoms with Gasteiger partial charge in [0.05, 0.1) is 0 Å². The third-order valence-corrected chi connectivity index (χ3v) is 5.54. The van der Waals surface area contributed by atoms with E-state index >= 15 is 0 Å². The maximum absolute atomic E-state index is 13.3. The maximum Gasteiger partial charge on any atom is 0.321 e. The molecule has 2 aliphatic rings. The summed E-state index contributed by atoms with van der Waals surface area (Å²) in [6.45, 7) is 4.09. The summed E-state index contributed by atoms with van der Waals surface area (Å²) in [7, 11) is 0. The predicted molar refractivity (Wildman–Crippen MR) is 106 cm³/mol. The van der Waals surface area contributed by atoms with Crippen LogP contribution in [0.25, 0.3) is 0 Å². The normalized spacial score (nSPS) is 17.5. The molecule has 2 fully saturated rings. The van der Waals surface area contributed by atoms with Gasteiger partial charge in [0.1, 0.15) is 0 Å². The number of carbonyl (C=O) groups is 2. The van der Waals surface area contributed by atoms with Crippen LogP contribution in [0, 0.1) is 5.92 Å². The fourth-order valence-corrected chi connectivity index (χ4v) is 3.68. The number of hydrogen-bond acceptors (Lipinski definition) is 2. The van der Waals surface area contributed by atoms with Crippen LogP contribution in [0.3, 0.4) is 0 Å². The third kappa shape index (κ3) is 3.82. The van der Waals surface area contributed by atoms with Gasteiger partial charge in [0, 0.05) is 36.9 Å². The molecule has 0 radical (unpaired) electrons. The van der Waals surface area contributed by atoms with Crippen LogP contribution in [-0.2, 0) is 6.54 Å². The Hall–Kier alpha value is -2.82. The predicted octanol–water partition coefficient (Wildman–Crippen LogP) is 3.66. The van der Waals surface area contributed by atoms with Crippen molar-refractivity contribution in [1.29, 1.82) is 0 Å². The minimum atomic E-state index is -0.0814. The third-order valence-electron chi connectivity index (χ3n) is 5.54. The lowest BCUT2D eigenvalue weighted by Crippen LogP contribution is -2.39. The van der Waals surface area contributed by atoms with Crippen molar-refractivity contribution in [3.8, 4) is 0 Å². The van der Waals surface area contributed by atoms with E-state index in [0.717, 1.165) is 11.3 Å². The van der Waals surface area contributed by atoms with Crippen LogP contribution in [0.5, 0.6) is 0 Å². The standard InChI is InChI=1S/C22H25N3O2/c1-16(18-7-8-18)25(15-17-5-3-2-4-6-17)21(26)19-9-11-20(12-10-19)24-14-13-23-22(24)27/h2-6,9-12,16,18H,7-8,13-15H2,1H3,(H,23,27). The first-order valence-electron chi connectivity index (χ1n) is 9.64. The van der Waals surface area contributed by atoms with Gasteiger partial charge >= 0.3 is 6.03 Å². The molecule has 1 atom stereocenters. The Morgan fingerprint density at radius 3 is 2.44 bits per heavy atom. The monoisotopic (exact) mass is 363 g/mol. The molecule has 1 aliphatic carbocycles. The molecule has 1 N–H and O–H groups in total. The van der Waals surface area contributed by atoms with Gasteiger partial charge in [-0.2, -0.15) is 0 Å². The Bertz CT molecular complexity index is 815. The molecule has 0 spiro atoms. The zero-order valence-electron chi connectivity index (χ0n) is 15.6. The Labute approximate surface area is 160 Å². The van der Waals surface area contributed by atoms with E-state index in [4.69, 9.17) is 0 Å². The molecule has 1 heterocycles. The van der Waals surface area contributed by atoms with E-state index in [-0.39, 0.29) is 18.0 Å². The summed E-state index contributed by atoms with van der Waals surface area (Å²) < 4.78 is 0. The highest BCUT2D eigenvalue weighted by Gasteiger charge is 2.34. The molecule has 5 nitrogen and oxygen atoms in total. The van der Waals surface area contributed by atoms with Crippen molar-refractivity contribution in [2.24, 2.45) is 5.92 Å². The van der Waals surface area contributed by atoms with E-state index in [0.29, 0.717) is 31.1 Å². The number of benzene rings is 2. The van der Waals surface area contributed by atoms with Crippen molar-refractivity contribution in [2.45, 2.75) is 32.4 Å². The quantitative estimate of drug-likeness (QED) is 0.852. The van der Waals surface area contributed by atoms with Crippen LogP contribution in [0.2, 0.25) is 0 Å². The molecule has 0 aromatic heterocycles. The number of carbonyl (C=O) groups excluding carboxylic acids is 2. The molecule has 0 bridgehead atoms. The van der Waals surface area contributed by atoms with Gasteiger partial charge in [-0.25, -0.2) is 4.79 Å². The Morgan fingerprint density at radius 1 is 1.15 bits per heavy atom. The van der Waals surface area contributed by atoms with Gasteiger partial charge in [-0.3, -0.25) is 9.69 Å². The first kappa shape index (κ1) is 17.6. The second kappa shape index (κ2) is 7.43. The molecule has 5 heteroatoms. The fraction of sp³-hybridized carbons (Fsp3) is 0.364. The molecular weight excluding hydrogens is 338 g/mol. The summed E-state index contributed by atoms with van der Waals surface area (Å²) >= 11 is 0. The van der Waals surface area contributed by atoms with Crippen molar-refractivity contribution < 1.29 is 9.59 Å². The lowest BCUT2D eigenvalue weighted by atomic mass is 10.1. The second-order valence-electron chi connectivity index (χ2n) is 7.43. The Morgan fingerprint density at radius 2 is 1.85 bits per heavy atom. The molecule has 140 valence electrons. The maximum atomic E-state index is 13.3. The highest BCUT2D eigenvalue weighted by atomic mass is 16.2. The van der Waals surface area contributed by atoms with Crippen LogP contribution < -0.4 is 10.2 Å². The Balaban J connectivity index is 1.54. The van der Waals surface area contributed by atoms with E-state index in [1.54, 1.807) is 4.90 Å². The molecule has 3 amide bonds. The molecule has 4 rings (SSSR count). The largest absolute Gasteiger partial charge is 0.336 e. The summed E-state index contributed by atoms with van der Waals surface area (Å²) in [5, 5.41) is 2.80. The van der Waals surface area contributed by atoms with Crippen LogP contribution in [0.1, 0.15) is 35.7 Å². The van der Waals surface area contributed by atoms with Gasteiger partial charge in [-0.1, -0.05) is 30.3 Å². The zero-order chi connectivity index (χ0) is 18.8. The summed E-state index contributed by atoms with van der Waals surface area (Å²) in [5.41, 5.74) is 2.64. The number of nitrogens with one attached hydrogen (secondary N) is 1. The molecule has 1 unspecified atom stereocenters. The lowest BCUT2D eigenvalue weighted by Gasteiger charge is -2.30. The fourth-order valence-electron chi connectivity index (χ4n) is 3.68. The molecular formula is C22H25N3O2. The van der Waals surface area contributed by atoms with Gasteiger partial charge in [0.25, 0.3) is 5.91 Å². The van der Waals surface area contributed by atoms with Gasteiger partial charge in [0.2, 0.25) is 0 Å². The molecule has 2 aromatic rings. The minimum absolute atomic E-state index is 0.0516. The van der Waals surface area contributed by atoms with Gasteiger partial charge in [-0.15, -0.1) is 0 Å². The number of rotatable bonds is 6. The second-order valence-corrected chi connectivity index (χ2v) is 7.43. The first-order chi connectivity index (χ1) is 13.1. The van der Waals surface area contributed by atoms with E-state index in [1.807, 2.05) is 47.4 Å². The number of nitrogens with zero attached hydrogens (tertiary/aromatic N) is 2. The van der Waals surface area contributed by atoms with Gasteiger partial charge < -0.3 is 10.2 Å². The summed E-state index contributed by atoms with van der Waals surface area (Å²) in [6.07, 6.45) is 2.39. The topological polar surface area (TPSA) is 52.7 Å². The highest BCUT2D eigenvalue weighted by molar-refractivity contribution is 5.97.